The van der Waals surface area contributed by atoms with E-state index in [0.717, 1.165) is 24.8 Å². The van der Waals surface area contributed by atoms with Gasteiger partial charge in [0.1, 0.15) is 0 Å². The normalized spacial score (nSPS) is 19.4. The summed E-state index contributed by atoms with van der Waals surface area (Å²) in [5.41, 5.74) is 5.96. The van der Waals surface area contributed by atoms with Crippen LogP contribution in [0.25, 0.3) is 0 Å². The Morgan fingerprint density at radius 2 is 2.04 bits per heavy atom. The molecule has 27 heavy (non-hydrogen) atoms. The fraction of sp³-hybridized carbons (Fsp3) is 0.632. The highest BCUT2D eigenvalue weighted by Crippen LogP contribution is 2.44. The number of piperidine rings is 1. The van der Waals surface area contributed by atoms with Crippen LogP contribution in [-0.4, -0.2) is 60.3 Å². The molecule has 3 heterocycles. The summed E-state index contributed by atoms with van der Waals surface area (Å²) in [6.45, 7) is 5.38. The molecule has 2 aliphatic heterocycles. The van der Waals surface area contributed by atoms with Crippen molar-refractivity contribution in [3.63, 3.8) is 0 Å². The van der Waals surface area contributed by atoms with Crippen molar-refractivity contribution in [3.05, 3.63) is 21.4 Å². The predicted octanol–water partition coefficient (Wildman–Crippen LogP) is 1.49. The van der Waals surface area contributed by atoms with E-state index in [9.17, 15) is 14.4 Å². The van der Waals surface area contributed by atoms with Crippen LogP contribution in [0, 0.1) is 0 Å². The van der Waals surface area contributed by atoms with Gasteiger partial charge in [0, 0.05) is 50.8 Å². The van der Waals surface area contributed by atoms with E-state index in [0.29, 0.717) is 24.6 Å². The zero-order valence-corrected chi connectivity index (χ0v) is 16.9. The van der Waals surface area contributed by atoms with E-state index in [1.54, 1.807) is 18.9 Å². The first-order valence-electron chi connectivity index (χ1n) is 9.31. The Hall–Kier alpha value is -1.93. The smallest absolute Gasteiger partial charge is 0.263 e. The van der Waals surface area contributed by atoms with Gasteiger partial charge in [0.25, 0.3) is 5.91 Å². The van der Waals surface area contributed by atoms with Crippen molar-refractivity contribution in [2.75, 3.05) is 26.7 Å². The molecule has 3 rings (SSSR count). The van der Waals surface area contributed by atoms with E-state index in [2.05, 4.69) is 0 Å². The van der Waals surface area contributed by atoms with Crippen LogP contribution in [0.1, 0.15) is 53.2 Å². The average Bonchev–Trinajstić information content (AvgIpc) is 3.06. The number of thiophene rings is 1. The van der Waals surface area contributed by atoms with E-state index < -0.39 is 11.5 Å². The molecule has 8 heteroatoms. The van der Waals surface area contributed by atoms with E-state index >= 15 is 0 Å². The minimum atomic E-state index is -0.419. The van der Waals surface area contributed by atoms with Gasteiger partial charge in [-0.1, -0.05) is 0 Å². The van der Waals surface area contributed by atoms with Crippen LogP contribution >= 0.6 is 11.3 Å². The van der Waals surface area contributed by atoms with Gasteiger partial charge >= 0.3 is 0 Å². The van der Waals surface area contributed by atoms with Gasteiger partial charge < -0.3 is 20.3 Å². The molecule has 148 valence electrons. The summed E-state index contributed by atoms with van der Waals surface area (Å²) in [5, 5.41) is 0. The molecule has 2 aliphatic rings. The summed E-state index contributed by atoms with van der Waals surface area (Å²) in [5.74, 6) is -0.427. The van der Waals surface area contributed by atoms with E-state index in [4.69, 9.17) is 10.5 Å². The maximum absolute atomic E-state index is 12.9. The molecule has 0 saturated carbocycles. The average molecular weight is 394 g/mol. The minimum absolute atomic E-state index is 0.0899. The highest BCUT2D eigenvalue weighted by atomic mass is 32.1. The predicted molar refractivity (Wildman–Crippen MR) is 103 cm³/mol. The number of nitrogens with two attached hydrogens (primary N) is 1. The molecule has 1 aromatic rings. The largest absolute Gasteiger partial charge is 0.370 e. The summed E-state index contributed by atoms with van der Waals surface area (Å²) >= 11 is 1.51. The lowest BCUT2D eigenvalue weighted by molar-refractivity contribution is -0.138. The van der Waals surface area contributed by atoms with E-state index in [-0.39, 0.29) is 24.3 Å². The number of carbonyl (C=O) groups is 3. The summed E-state index contributed by atoms with van der Waals surface area (Å²) in [4.78, 5) is 40.9. The molecule has 2 N–H and O–H groups in total. The van der Waals surface area contributed by atoms with Crippen molar-refractivity contribution in [2.24, 2.45) is 5.73 Å². The van der Waals surface area contributed by atoms with Crippen LogP contribution in [0.5, 0.6) is 0 Å². The van der Waals surface area contributed by atoms with Gasteiger partial charge in [-0.3, -0.25) is 14.4 Å². The lowest BCUT2D eigenvalue weighted by Crippen LogP contribution is -2.47. The van der Waals surface area contributed by atoms with Crippen LogP contribution in [0.2, 0.25) is 0 Å². The molecule has 0 aliphatic carbocycles. The number of rotatable bonds is 4. The standard InChI is InChI=1S/C19H27N3O4S/c1-12(10-17(20)24)21(3)18(25)16-11-14-15(27-16)4-9-26-19(14)5-7-22(8-6-19)13(2)23/h11-12H,4-10H2,1-3H3,(H2,20,24). The van der Waals surface area contributed by atoms with Crippen LogP contribution in [0.3, 0.4) is 0 Å². The third-order valence-corrected chi connectivity index (χ3v) is 6.90. The number of hydrogen-bond acceptors (Lipinski definition) is 5. The van der Waals surface area contributed by atoms with Crippen LogP contribution in [0.4, 0.5) is 0 Å². The Kier molecular flexibility index (Phi) is 5.58. The molecule has 1 unspecified atom stereocenters. The Bertz CT molecular complexity index is 752. The van der Waals surface area contributed by atoms with Gasteiger partial charge in [-0.25, -0.2) is 0 Å². The molecule has 1 atom stereocenters. The number of primary amides is 1. The topological polar surface area (TPSA) is 92.9 Å². The van der Waals surface area contributed by atoms with Gasteiger partial charge in [0.15, 0.2) is 0 Å². The number of nitrogens with zero attached hydrogens (tertiary/aromatic N) is 2. The first-order valence-corrected chi connectivity index (χ1v) is 10.1. The molecule has 0 bridgehead atoms. The maximum atomic E-state index is 12.9. The Morgan fingerprint density at radius 3 is 2.63 bits per heavy atom. The fourth-order valence-corrected chi connectivity index (χ4v) is 5.13. The highest BCUT2D eigenvalue weighted by molar-refractivity contribution is 7.14. The van der Waals surface area contributed by atoms with Crippen LogP contribution in [-0.2, 0) is 26.3 Å². The molecular formula is C19H27N3O4S. The number of likely N-dealkylation sites (tertiary alicyclic amines) is 1. The molecular weight excluding hydrogens is 366 g/mol. The zero-order valence-electron chi connectivity index (χ0n) is 16.1. The van der Waals surface area contributed by atoms with E-state index in [1.807, 2.05) is 17.9 Å². The molecule has 1 spiro atoms. The van der Waals surface area contributed by atoms with E-state index in [1.165, 1.54) is 16.2 Å². The number of hydrogen-bond donors (Lipinski definition) is 1. The van der Waals surface area contributed by atoms with Crippen molar-refractivity contribution < 1.29 is 19.1 Å². The van der Waals surface area contributed by atoms with Crippen molar-refractivity contribution in [1.82, 2.24) is 9.80 Å². The Balaban J connectivity index is 1.81. The second-order valence-electron chi connectivity index (χ2n) is 7.48. The van der Waals surface area contributed by atoms with Gasteiger partial charge in [0.05, 0.1) is 17.1 Å². The number of ether oxygens (including phenoxy) is 1. The lowest BCUT2D eigenvalue weighted by Gasteiger charge is -2.43. The van der Waals surface area contributed by atoms with Crippen molar-refractivity contribution >= 4 is 29.1 Å². The summed E-state index contributed by atoms with van der Waals surface area (Å²) in [7, 11) is 1.70. The number of fused-ring (bicyclic) bond motifs is 2. The maximum Gasteiger partial charge on any atom is 0.263 e. The first-order chi connectivity index (χ1) is 12.7. The minimum Gasteiger partial charge on any atom is -0.370 e. The number of carbonyl (C=O) groups excluding carboxylic acids is 3. The Morgan fingerprint density at radius 1 is 1.37 bits per heavy atom. The van der Waals surface area contributed by atoms with Crippen molar-refractivity contribution in [3.8, 4) is 0 Å². The fourth-order valence-electron chi connectivity index (χ4n) is 3.92. The summed E-state index contributed by atoms with van der Waals surface area (Å²) in [6.07, 6.45) is 2.43. The Labute approximate surface area is 163 Å². The van der Waals surface area contributed by atoms with Gasteiger partial charge in [-0.2, -0.15) is 0 Å². The van der Waals surface area contributed by atoms with Crippen molar-refractivity contribution in [2.45, 2.75) is 51.2 Å². The first kappa shape index (κ1) is 19.8. The second kappa shape index (κ2) is 7.59. The molecule has 1 saturated heterocycles. The van der Waals surface area contributed by atoms with Gasteiger partial charge in [0.2, 0.25) is 11.8 Å². The molecule has 3 amide bonds. The van der Waals surface area contributed by atoms with Gasteiger partial charge in [-0.05, 0) is 31.4 Å². The molecule has 1 aromatic heterocycles. The second-order valence-corrected chi connectivity index (χ2v) is 8.62. The summed E-state index contributed by atoms with van der Waals surface area (Å²) in [6, 6.07) is 1.71. The lowest BCUT2D eigenvalue weighted by atomic mass is 9.82. The van der Waals surface area contributed by atoms with Crippen LogP contribution in [0.15, 0.2) is 6.07 Å². The number of amides is 3. The molecule has 7 nitrogen and oxygen atoms in total. The van der Waals surface area contributed by atoms with Crippen LogP contribution < -0.4 is 5.73 Å². The third-order valence-electron chi connectivity index (χ3n) is 5.71. The molecule has 0 aromatic carbocycles. The zero-order chi connectivity index (χ0) is 19.8. The monoisotopic (exact) mass is 393 g/mol. The highest BCUT2D eigenvalue weighted by Gasteiger charge is 2.43. The van der Waals surface area contributed by atoms with Crippen molar-refractivity contribution in [1.29, 1.82) is 0 Å². The molecule has 0 radical (unpaired) electrons. The summed E-state index contributed by atoms with van der Waals surface area (Å²) < 4.78 is 6.20. The third kappa shape index (κ3) is 3.87. The quantitative estimate of drug-likeness (QED) is 0.839. The SMILES string of the molecule is CC(=O)N1CCC2(CC1)OCCc1sc(C(=O)N(C)C(C)CC(N)=O)cc12. The van der Waals surface area contributed by atoms with Gasteiger partial charge in [-0.15, -0.1) is 11.3 Å². The molecule has 1 fully saturated rings.